The summed E-state index contributed by atoms with van der Waals surface area (Å²) in [6.07, 6.45) is 5.71. The second kappa shape index (κ2) is 4.56. The number of nitrogens with one attached hydrogen (secondary N) is 1. The lowest BCUT2D eigenvalue weighted by Crippen LogP contribution is -2.47. The predicted octanol–water partition coefficient (Wildman–Crippen LogP) is 3.18. The van der Waals surface area contributed by atoms with Crippen molar-refractivity contribution in [3.8, 4) is 0 Å². The molecular weight excluding hydrogens is 282 g/mol. The smallest absolute Gasteiger partial charge is 0.207 e. The van der Waals surface area contributed by atoms with Gasteiger partial charge in [-0.2, -0.15) is 0 Å². The van der Waals surface area contributed by atoms with Crippen LogP contribution in [0.1, 0.15) is 39.0 Å². The van der Waals surface area contributed by atoms with Gasteiger partial charge in [-0.15, -0.1) is 0 Å². The summed E-state index contributed by atoms with van der Waals surface area (Å²) in [4.78, 5) is 0.395. The summed E-state index contributed by atoms with van der Waals surface area (Å²) in [6, 6.07) is 8.80. The highest BCUT2D eigenvalue weighted by molar-refractivity contribution is 7.89. The van der Waals surface area contributed by atoms with E-state index in [1.54, 1.807) is 24.3 Å². The van der Waals surface area contributed by atoms with E-state index in [9.17, 15) is 8.42 Å². The van der Waals surface area contributed by atoms with Crippen LogP contribution in [0.25, 0.3) is 0 Å². The molecule has 3 aliphatic rings. The summed E-state index contributed by atoms with van der Waals surface area (Å²) in [5.41, 5.74) is -0.186. The van der Waals surface area contributed by atoms with Crippen LogP contribution in [0.4, 0.5) is 0 Å². The Morgan fingerprint density at radius 1 is 1.05 bits per heavy atom. The van der Waals surface area contributed by atoms with Gasteiger partial charge in [0.1, 0.15) is 0 Å². The molecule has 1 aromatic carbocycles. The number of fused-ring (bicyclic) bond motifs is 1. The minimum Gasteiger partial charge on any atom is -0.207 e. The monoisotopic (exact) mass is 305 g/mol. The first-order valence-corrected chi connectivity index (χ1v) is 9.55. The fourth-order valence-corrected chi connectivity index (χ4v) is 6.76. The standard InChI is InChI=1S/C17H23NO2S/c1-12-7-13-8-14-10-17(9-12,11-16(13)14)18-21(19,20)15-5-3-2-4-6-15/h2-6,12-14,16,18H,7-11H2,1H3. The van der Waals surface area contributed by atoms with Crippen molar-refractivity contribution in [3.63, 3.8) is 0 Å². The van der Waals surface area contributed by atoms with Gasteiger partial charge in [0.15, 0.2) is 0 Å². The van der Waals surface area contributed by atoms with Crippen LogP contribution in [0.3, 0.4) is 0 Å². The Morgan fingerprint density at radius 2 is 1.81 bits per heavy atom. The number of sulfonamides is 1. The van der Waals surface area contributed by atoms with Gasteiger partial charge >= 0.3 is 0 Å². The molecular formula is C17H23NO2S. The maximum atomic E-state index is 12.7. The van der Waals surface area contributed by atoms with Crippen LogP contribution in [-0.2, 0) is 10.0 Å². The van der Waals surface area contributed by atoms with Gasteiger partial charge in [0.25, 0.3) is 0 Å². The lowest BCUT2D eigenvalue weighted by Gasteiger charge is -2.42. The zero-order valence-electron chi connectivity index (χ0n) is 12.5. The van der Waals surface area contributed by atoms with Gasteiger partial charge < -0.3 is 0 Å². The summed E-state index contributed by atoms with van der Waals surface area (Å²) >= 11 is 0. The number of hydrogen-bond donors (Lipinski definition) is 1. The van der Waals surface area contributed by atoms with E-state index in [0.717, 1.165) is 37.0 Å². The minimum absolute atomic E-state index is 0.186. The van der Waals surface area contributed by atoms with Crippen molar-refractivity contribution in [1.82, 2.24) is 4.72 Å². The Bertz CT molecular complexity index is 638. The Labute approximate surface area is 127 Å². The molecule has 0 spiro atoms. The summed E-state index contributed by atoms with van der Waals surface area (Å²) in [6.45, 7) is 2.28. The molecule has 0 heterocycles. The van der Waals surface area contributed by atoms with E-state index in [-0.39, 0.29) is 5.54 Å². The summed E-state index contributed by atoms with van der Waals surface area (Å²) in [5.74, 6) is 3.02. The molecule has 3 saturated carbocycles. The van der Waals surface area contributed by atoms with Gasteiger partial charge in [-0.1, -0.05) is 25.1 Å². The van der Waals surface area contributed by atoms with Crippen LogP contribution in [-0.4, -0.2) is 14.0 Å². The molecule has 4 rings (SSSR count). The van der Waals surface area contributed by atoms with Crippen molar-refractivity contribution >= 4 is 10.0 Å². The molecule has 5 unspecified atom stereocenters. The summed E-state index contributed by atoms with van der Waals surface area (Å²) < 4.78 is 28.5. The van der Waals surface area contributed by atoms with Gasteiger partial charge in [-0.05, 0) is 67.9 Å². The third kappa shape index (κ3) is 2.23. The van der Waals surface area contributed by atoms with Gasteiger partial charge in [0, 0.05) is 5.54 Å². The van der Waals surface area contributed by atoms with E-state index in [0.29, 0.717) is 10.8 Å². The van der Waals surface area contributed by atoms with E-state index in [1.165, 1.54) is 12.8 Å². The van der Waals surface area contributed by atoms with Crippen LogP contribution in [0, 0.1) is 23.7 Å². The molecule has 21 heavy (non-hydrogen) atoms. The van der Waals surface area contributed by atoms with E-state index in [4.69, 9.17) is 0 Å². The minimum atomic E-state index is -3.40. The SMILES string of the molecule is CC1CC2CC3CC(NS(=O)(=O)c4ccccc4)(C1)CC23. The van der Waals surface area contributed by atoms with E-state index < -0.39 is 10.0 Å². The second-order valence-corrected chi connectivity index (χ2v) is 9.25. The van der Waals surface area contributed by atoms with Crippen molar-refractivity contribution in [2.24, 2.45) is 23.7 Å². The first kappa shape index (κ1) is 13.8. The fourth-order valence-electron chi connectivity index (χ4n) is 5.31. The first-order chi connectivity index (χ1) is 9.97. The highest BCUT2D eigenvalue weighted by Gasteiger charge is 2.57. The predicted molar refractivity (Wildman–Crippen MR) is 82.2 cm³/mol. The molecule has 114 valence electrons. The Balaban J connectivity index is 1.64. The molecule has 0 radical (unpaired) electrons. The lowest BCUT2D eigenvalue weighted by atomic mass is 9.63. The van der Waals surface area contributed by atoms with Crippen LogP contribution in [0.2, 0.25) is 0 Å². The average molecular weight is 305 g/mol. The molecule has 0 aromatic heterocycles. The molecule has 3 fully saturated rings. The van der Waals surface area contributed by atoms with Gasteiger partial charge in [0.05, 0.1) is 4.90 Å². The van der Waals surface area contributed by atoms with E-state index >= 15 is 0 Å². The molecule has 2 bridgehead atoms. The average Bonchev–Trinajstić information content (AvgIpc) is 2.63. The van der Waals surface area contributed by atoms with Crippen LogP contribution >= 0.6 is 0 Å². The van der Waals surface area contributed by atoms with Crippen LogP contribution < -0.4 is 4.72 Å². The third-order valence-corrected chi connectivity index (χ3v) is 7.54. The zero-order chi connectivity index (χ0) is 14.7. The molecule has 1 aromatic rings. The Kier molecular flexibility index (Phi) is 2.99. The van der Waals surface area contributed by atoms with E-state index in [1.807, 2.05) is 6.07 Å². The number of hydrogen-bond acceptors (Lipinski definition) is 2. The van der Waals surface area contributed by atoms with Crippen molar-refractivity contribution < 1.29 is 8.42 Å². The Morgan fingerprint density at radius 3 is 2.57 bits per heavy atom. The molecule has 0 aliphatic heterocycles. The highest BCUT2D eigenvalue weighted by Crippen LogP contribution is 2.61. The number of benzene rings is 1. The van der Waals surface area contributed by atoms with E-state index in [2.05, 4.69) is 11.6 Å². The molecule has 0 saturated heterocycles. The van der Waals surface area contributed by atoms with Gasteiger partial charge in [-0.3, -0.25) is 0 Å². The molecule has 1 N–H and O–H groups in total. The summed E-state index contributed by atoms with van der Waals surface area (Å²) in [7, 11) is -3.40. The molecule has 3 aliphatic carbocycles. The van der Waals surface area contributed by atoms with Gasteiger partial charge in [-0.25, -0.2) is 13.1 Å². The quantitative estimate of drug-likeness (QED) is 0.932. The zero-order valence-corrected chi connectivity index (χ0v) is 13.3. The van der Waals surface area contributed by atoms with Crippen LogP contribution in [0.15, 0.2) is 35.2 Å². The second-order valence-electron chi connectivity index (χ2n) is 7.57. The third-order valence-electron chi connectivity index (χ3n) is 5.94. The maximum Gasteiger partial charge on any atom is 0.241 e. The highest BCUT2D eigenvalue weighted by atomic mass is 32.2. The van der Waals surface area contributed by atoms with Gasteiger partial charge in [0.2, 0.25) is 10.0 Å². The van der Waals surface area contributed by atoms with Crippen molar-refractivity contribution in [1.29, 1.82) is 0 Å². The molecule has 0 amide bonds. The topological polar surface area (TPSA) is 46.2 Å². The molecule has 3 nitrogen and oxygen atoms in total. The molecule has 4 heteroatoms. The maximum absolute atomic E-state index is 12.7. The van der Waals surface area contributed by atoms with Crippen molar-refractivity contribution in [2.75, 3.05) is 0 Å². The Hall–Kier alpha value is -0.870. The lowest BCUT2D eigenvalue weighted by molar-refractivity contribution is 0.0778. The van der Waals surface area contributed by atoms with Crippen molar-refractivity contribution in [3.05, 3.63) is 30.3 Å². The van der Waals surface area contributed by atoms with Crippen molar-refractivity contribution in [2.45, 2.75) is 49.5 Å². The normalized spacial score (nSPS) is 41.4. The number of rotatable bonds is 3. The fraction of sp³-hybridized carbons (Fsp3) is 0.647. The first-order valence-electron chi connectivity index (χ1n) is 8.06. The largest absolute Gasteiger partial charge is 0.241 e. The summed E-state index contributed by atoms with van der Waals surface area (Å²) in [5, 5.41) is 0. The molecule has 5 atom stereocenters. The van der Waals surface area contributed by atoms with Crippen LogP contribution in [0.5, 0.6) is 0 Å².